The zero-order valence-electron chi connectivity index (χ0n) is 16.9. The molecule has 6 heteroatoms. The summed E-state index contributed by atoms with van der Waals surface area (Å²) in [6.45, 7) is 9.36. The van der Waals surface area contributed by atoms with Crippen LogP contribution in [0, 0.1) is 11.3 Å². The molecule has 4 aliphatic rings. The highest BCUT2D eigenvalue weighted by atomic mass is 35.5. The zero-order valence-corrected chi connectivity index (χ0v) is 17.7. The van der Waals surface area contributed by atoms with Gasteiger partial charge in [-0.05, 0) is 37.0 Å². The Labute approximate surface area is 171 Å². The van der Waals surface area contributed by atoms with Crippen molar-refractivity contribution >= 4 is 12.4 Å². The van der Waals surface area contributed by atoms with Gasteiger partial charge >= 0.3 is 0 Å². The summed E-state index contributed by atoms with van der Waals surface area (Å²) in [6.07, 6.45) is 11.1. The van der Waals surface area contributed by atoms with Gasteiger partial charge in [0.1, 0.15) is 0 Å². The van der Waals surface area contributed by atoms with Crippen molar-refractivity contribution in [1.29, 1.82) is 0 Å². The number of ether oxygens (including phenoxy) is 2. The van der Waals surface area contributed by atoms with Gasteiger partial charge in [-0.3, -0.25) is 4.90 Å². The predicted molar refractivity (Wildman–Crippen MR) is 112 cm³/mol. The van der Waals surface area contributed by atoms with Gasteiger partial charge in [0.15, 0.2) is 0 Å². The van der Waals surface area contributed by atoms with Crippen molar-refractivity contribution in [2.24, 2.45) is 11.3 Å². The molecule has 0 amide bonds. The third-order valence-electron chi connectivity index (χ3n) is 7.35. The fourth-order valence-electron chi connectivity index (χ4n) is 5.86. The third-order valence-corrected chi connectivity index (χ3v) is 7.35. The molecule has 3 unspecified atom stereocenters. The van der Waals surface area contributed by atoms with E-state index in [4.69, 9.17) is 9.47 Å². The van der Waals surface area contributed by atoms with Crippen LogP contribution < -0.4 is 10.6 Å². The van der Waals surface area contributed by atoms with E-state index in [9.17, 15) is 0 Å². The molecule has 4 fully saturated rings. The minimum atomic E-state index is 0. The first-order chi connectivity index (χ1) is 12.8. The summed E-state index contributed by atoms with van der Waals surface area (Å²) in [4.78, 5) is 2.67. The van der Waals surface area contributed by atoms with Crippen molar-refractivity contribution < 1.29 is 9.47 Å². The summed E-state index contributed by atoms with van der Waals surface area (Å²) in [6, 6.07) is 1.24. The molecule has 3 atom stereocenters. The van der Waals surface area contributed by atoms with Gasteiger partial charge in [-0.2, -0.15) is 0 Å². The Morgan fingerprint density at radius 3 is 2.52 bits per heavy atom. The van der Waals surface area contributed by atoms with Crippen LogP contribution in [0.4, 0.5) is 0 Å². The van der Waals surface area contributed by atoms with Gasteiger partial charge < -0.3 is 20.1 Å². The Morgan fingerprint density at radius 2 is 1.78 bits per heavy atom. The van der Waals surface area contributed by atoms with Gasteiger partial charge in [0.25, 0.3) is 0 Å². The second-order valence-electron chi connectivity index (χ2n) is 9.17. The molecule has 2 aliphatic heterocycles. The highest BCUT2D eigenvalue weighted by molar-refractivity contribution is 5.85. The molecule has 0 aromatic rings. The number of nitrogens with one attached hydrogen (secondary N) is 2. The van der Waals surface area contributed by atoms with E-state index in [0.29, 0.717) is 17.5 Å². The van der Waals surface area contributed by atoms with Crippen molar-refractivity contribution in [2.45, 2.75) is 63.5 Å². The molecule has 0 radical (unpaired) electrons. The molecule has 0 aromatic carbocycles. The number of nitrogens with zero attached hydrogens (tertiary/aromatic N) is 1. The normalized spacial score (nSPS) is 34.9. The molecular formula is C21H40ClN3O2. The van der Waals surface area contributed by atoms with E-state index in [2.05, 4.69) is 15.5 Å². The SMILES string of the molecule is C1CCC(CNC2CCCC2C2COCCN2)(CN2CCOCC2)CC1.Cl. The lowest BCUT2D eigenvalue weighted by Crippen LogP contribution is -2.54. The number of halogens is 1. The summed E-state index contributed by atoms with van der Waals surface area (Å²) in [5.41, 5.74) is 0.485. The van der Waals surface area contributed by atoms with Gasteiger partial charge in [-0.25, -0.2) is 0 Å². The van der Waals surface area contributed by atoms with E-state index in [1.54, 1.807) is 0 Å². The second-order valence-corrected chi connectivity index (χ2v) is 9.17. The van der Waals surface area contributed by atoms with Crippen LogP contribution in [0.5, 0.6) is 0 Å². The fourth-order valence-corrected chi connectivity index (χ4v) is 5.86. The van der Waals surface area contributed by atoms with Crippen LogP contribution in [-0.2, 0) is 9.47 Å². The highest BCUT2D eigenvalue weighted by Gasteiger charge is 2.38. The van der Waals surface area contributed by atoms with Crippen molar-refractivity contribution in [1.82, 2.24) is 15.5 Å². The van der Waals surface area contributed by atoms with Crippen LogP contribution in [0.25, 0.3) is 0 Å². The summed E-state index contributed by atoms with van der Waals surface area (Å²) in [7, 11) is 0. The maximum Gasteiger partial charge on any atom is 0.0623 e. The van der Waals surface area contributed by atoms with Crippen LogP contribution in [-0.4, -0.2) is 76.1 Å². The Hall–Kier alpha value is 0.0900. The Bertz CT molecular complexity index is 422. The van der Waals surface area contributed by atoms with Gasteiger partial charge in [-0.1, -0.05) is 25.7 Å². The third kappa shape index (κ3) is 5.80. The molecule has 27 heavy (non-hydrogen) atoms. The molecule has 158 valence electrons. The molecule has 4 rings (SSSR count). The minimum absolute atomic E-state index is 0. The smallest absolute Gasteiger partial charge is 0.0623 e. The summed E-state index contributed by atoms with van der Waals surface area (Å²) in [5, 5.41) is 7.79. The Morgan fingerprint density at radius 1 is 0.963 bits per heavy atom. The lowest BCUT2D eigenvalue weighted by molar-refractivity contribution is 0.00540. The number of morpholine rings is 2. The second kappa shape index (κ2) is 10.7. The molecule has 2 saturated heterocycles. The molecule has 2 N–H and O–H groups in total. The van der Waals surface area contributed by atoms with Crippen LogP contribution in [0.2, 0.25) is 0 Å². The van der Waals surface area contributed by atoms with Crippen LogP contribution in [0.15, 0.2) is 0 Å². The molecule has 2 aliphatic carbocycles. The van der Waals surface area contributed by atoms with Gasteiger partial charge in [-0.15, -0.1) is 12.4 Å². The first-order valence-electron chi connectivity index (χ1n) is 11.2. The average molecular weight is 402 g/mol. The summed E-state index contributed by atoms with van der Waals surface area (Å²) >= 11 is 0. The predicted octanol–water partition coefficient (Wildman–Crippen LogP) is 2.44. The topological polar surface area (TPSA) is 45.8 Å². The monoisotopic (exact) mass is 401 g/mol. The summed E-state index contributed by atoms with van der Waals surface area (Å²) < 4.78 is 11.3. The van der Waals surface area contributed by atoms with E-state index in [1.165, 1.54) is 64.5 Å². The number of rotatable bonds is 6. The molecule has 2 heterocycles. The number of hydrogen-bond acceptors (Lipinski definition) is 5. The van der Waals surface area contributed by atoms with Gasteiger partial charge in [0.05, 0.1) is 26.4 Å². The first kappa shape index (κ1) is 21.8. The average Bonchev–Trinajstić information content (AvgIpc) is 3.17. The quantitative estimate of drug-likeness (QED) is 0.715. The standard InChI is InChI=1S/C21H39N3O2.ClH/c1-2-7-21(8-3-1,17-24-10-13-25-14-11-24)16-23-19-6-4-5-18(19)20-15-26-12-9-22-20;/h18-20,22-23H,1-17H2;1H. The maximum absolute atomic E-state index is 5.75. The van der Waals surface area contributed by atoms with Gasteiger partial charge in [0.2, 0.25) is 0 Å². The first-order valence-corrected chi connectivity index (χ1v) is 11.2. The number of hydrogen-bond donors (Lipinski definition) is 2. The maximum atomic E-state index is 5.75. The van der Waals surface area contributed by atoms with Crippen molar-refractivity contribution in [3.05, 3.63) is 0 Å². The molecule has 0 spiro atoms. The van der Waals surface area contributed by atoms with E-state index in [0.717, 1.165) is 52.0 Å². The molecule has 5 nitrogen and oxygen atoms in total. The van der Waals surface area contributed by atoms with E-state index >= 15 is 0 Å². The van der Waals surface area contributed by atoms with Crippen LogP contribution in [0.1, 0.15) is 51.4 Å². The minimum Gasteiger partial charge on any atom is -0.379 e. The van der Waals surface area contributed by atoms with Crippen molar-refractivity contribution in [3.8, 4) is 0 Å². The van der Waals surface area contributed by atoms with Crippen molar-refractivity contribution in [3.63, 3.8) is 0 Å². The zero-order chi connectivity index (χ0) is 17.7. The Balaban J connectivity index is 0.00000210. The van der Waals surface area contributed by atoms with Gasteiger partial charge in [0, 0.05) is 44.8 Å². The summed E-state index contributed by atoms with van der Waals surface area (Å²) in [5.74, 6) is 0.749. The molecular weight excluding hydrogens is 362 g/mol. The lowest BCUT2D eigenvalue weighted by atomic mass is 9.73. The lowest BCUT2D eigenvalue weighted by Gasteiger charge is -2.43. The van der Waals surface area contributed by atoms with Crippen LogP contribution >= 0.6 is 12.4 Å². The van der Waals surface area contributed by atoms with Crippen LogP contribution in [0.3, 0.4) is 0 Å². The van der Waals surface area contributed by atoms with Crippen molar-refractivity contribution in [2.75, 3.05) is 59.2 Å². The highest BCUT2D eigenvalue weighted by Crippen LogP contribution is 2.38. The molecule has 2 saturated carbocycles. The van der Waals surface area contributed by atoms with E-state index in [1.807, 2.05) is 0 Å². The largest absolute Gasteiger partial charge is 0.379 e. The fraction of sp³-hybridized carbons (Fsp3) is 1.00. The molecule has 0 aromatic heterocycles. The Kier molecular flexibility index (Phi) is 8.67. The van der Waals surface area contributed by atoms with E-state index < -0.39 is 0 Å². The molecule has 0 bridgehead atoms. The van der Waals surface area contributed by atoms with E-state index in [-0.39, 0.29) is 12.4 Å².